The summed E-state index contributed by atoms with van der Waals surface area (Å²) in [5.41, 5.74) is 0.452. The van der Waals surface area contributed by atoms with Crippen LogP contribution in [0.3, 0.4) is 0 Å². The number of aliphatic hydroxyl groups is 2. The summed E-state index contributed by atoms with van der Waals surface area (Å²) in [5.74, 6) is -2.03. The van der Waals surface area contributed by atoms with Gasteiger partial charge in [-0.05, 0) is 24.3 Å². The summed E-state index contributed by atoms with van der Waals surface area (Å²) in [6, 6.07) is 14.9. The van der Waals surface area contributed by atoms with Gasteiger partial charge < -0.3 is 29.7 Å². The van der Waals surface area contributed by atoms with Gasteiger partial charge in [0.2, 0.25) is 5.91 Å². The lowest BCUT2D eigenvalue weighted by molar-refractivity contribution is -0.253. The van der Waals surface area contributed by atoms with E-state index < -0.39 is 55.1 Å². The fraction of sp³-hybridized carbons (Fsp3) is 0.318. The van der Waals surface area contributed by atoms with Crippen LogP contribution in [0.2, 0.25) is 0 Å². The summed E-state index contributed by atoms with van der Waals surface area (Å²) in [5, 5.41) is 22.6. The van der Waals surface area contributed by atoms with Gasteiger partial charge in [-0.2, -0.15) is 0 Å². The van der Waals surface area contributed by atoms with Crippen molar-refractivity contribution in [3.8, 4) is 0 Å². The van der Waals surface area contributed by atoms with Gasteiger partial charge in [-0.3, -0.25) is 4.79 Å². The van der Waals surface area contributed by atoms with E-state index in [1.807, 2.05) is 0 Å². The van der Waals surface area contributed by atoms with Crippen molar-refractivity contribution in [1.29, 1.82) is 0 Å². The summed E-state index contributed by atoms with van der Waals surface area (Å²) in [7, 11) is 0. The first-order valence-corrected chi connectivity index (χ1v) is 9.64. The maximum atomic E-state index is 12.7. The molecule has 2 aromatic rings. The maximum absolute atomic E-state index is 12.7. The van der Waals surface area contributed by atoms with Crippen LogP contribution in [0.15, 0.2) is 60.7 Å². The molecule has 5 atom stereocenters. The minimum Gasteiger partial charge on any atom is -0.452 e. The van der Waals surface area contributed by atoms with Crippen molar-refractivity contribution in [3.63, 3.8) is 0 Å². The molecule has 1 heterocycles. The molecule has 3 rings (SSSR count). The first-order chi connectivity index (χ1) is 14.9. The summed E-state index contributed by atoms with van der Waals surface area (Å²) in [6.45, 7) is 0.585. The number of benzene rings is 2. The van der Waals surface area contributed by atoms with Gasteiger partial charge in [0.25, 0.3) is 0 Å². The Balaban J connectivity index is 1.92. The number of nitrogens with one attached hydrogen (secondary N) is 1. The average molecular weight is 429 g/mol. The fourth-order valence-corrected chi connectivity index (χ4v) is 3.27. The van der Waals surface area contributed by atoms with E-state index in [1.54, 1.807) is 36.4 Å². The van der Waals surface area contributed by atoms with Crippen LogP contribution in [0, 0.1) is 0 Å². The van der Waals surface area contributed by atoms with Crippen molar-refractivity contribution in [2.45, 2.75) is 37.6 Å². The van der Waals surface area contributed by atoms with Crippen LogP contribution in [-0.4, -0.2) is 65.3 Å². The van der Waals surface area contributed by atoms with Crippen molar-refractivity contribution in [3.05, 3.63) is 71.8 Å². The molecule has 1 unspecified atom stereocenters. The molecule has 3 N–H and O–H groups in total. The zero-order valence-electron chi connectivity index (χ0n) is 16.7. The molecule has 0 aromatic heterocycles. The molecular formula is C22H23NO8. The van der Waals surface area contributed by atoms with Gasteiger partial charge in [0, 0.05) is 6.92 Å². The van der Waals surface area contributed by atoms with Crippen molar-refractivity contribution in [1.82, 2.24) is 5.32 Å². The second-order valence-electron chi connectivity index (χ2n) is 6.95. The van der Waals surface area contributed by atoms with Gasteiger partial charge in [0.05, 0.1) is 17.7 Å². The zero-order chi connectivity index (χ0) is 22.4. The van der Waals surface area contributed by atoms with Gasteiger partial charge >= 0.3 is 11.9 Å². The Morgan fingerprint density at radius 3 is 1.84 bits per heavy atom. The van der Waals surface area contributed by atoms with Gasteiger partial charge in [-0.1, -0.05) is 36.4 Å². The Morgan fingerprint density at radius 1 is 0.903 bits per heavy atom. The first-order valence-electron chi connectivity index (χ1n) is 9.64. The number of aliphatic hydroxyl groups excluding tert-OH is 2. The number of ether oxygens (including phenoxy) is 3. The predicted octanol–water partition coefficient (Wildman–Crippen LogP) is 0.652. The molecule has 31 heavy (non-hydrogen) atoms. The summed E-state index contributed by atoms with van der Waals surface area (Å²) in [4.78, 5) is 37.0. The third-order valence-electron chi connectivity index (χ3n) is 4.72. The minimum atomic E-state index is -1.61. The molecule has 0 saturated carbocycles. The molecule has 0 radical (unpaired) electrons. The molecule has 2 aromatic carbocycles. The van der Waals surface area contributed by atoms with Crippen LogP contribution in [0.4, 0.5) is 0 Å². The third kappa shape index (κ3) is 5.46. The maximum Gasteiger partial charge on any atom is 0.338 e. The fourth-order valence-electron chi connectivity index (χ4n) is 3.27. The number of amides is 1. The monoisotopic (exact) mass is 429 g/mol. The molecule has 164 valence electrons. The van der Waals surface area contributed by atoms with E-state index in [2.05, 4.69) is 5.32 Å². The standard InChI is InChI=1S/C22H23NO8/c1-13(25)23-17-19(31-21(27)15-10-6-3-7-11-15)18(16(12-24)29-22(17)28)30-20(26)14-8-4-2-5-9-14/h2-11,16-19,22,24,28H,12H2,1H3,(H,23,25)/t16-,17+,18-,19-,22?/m1/s1. The molecular weight excluding hydrogens is 406 g/mol. The lowest BCUT2D eigenvalue weighted by Crippen LogP contribution is -2.66. The Morgan fingerprint density at radius 2 is 1.39 bits per heavy atom. The second-order valence-corrected chi connectivity index (χ2v) is 6.95. The number of hydrogen-bond acceptors (Lipinski definition) is 8. The highest BCUT2D eigenvalue weighted by Crippen LogP contribution is 2.27. The number of esters is 2. The van der Waals surface area contributed by atoms with Crippen molar-refractivity contribution in [2.75, 3.05) is 6.61 Å². The minimum absolute atomic E-state index is 0.221. The second kappa shape index (κ2) is 10.2. The molecule has 1 saturated heterocycles. The van der Waals surface area contributed by atoms with Crippen LogP contribution in [-0.2, 0) is 19.0 Å². The highest BCUT2D eigenvalue weighted by Gasteiger charge is 2.50. The van der Waals surface area contributed by atoms with E-state index >= 15 is 0 Å². The molecule has 1 amide bonds. The first kappa shape index (κ1) is 22.4. The van der Waals surface area contributed by atoms with Crippen LogP contribution in [0.5, 0.6) is 0 Å². The molecule has 1 fully saturated rings. The lowest BCUT2D eigenvalue weighted by atomic mass is 9.96. The number of carbonyl (C=O) groups excluding carboxylic acids is 3. The van der Waals surface area contributed by atoms with Crippen LogP contribution in [0.1, 0.15) is 27.6 Å². The molecule has 0 bridgehead atoms. The molecule has 0 aliphatic carbocycles. The van der Waals surface area contributed by atoms with Gasteiger partial charge in [-0.15, -0.1) is 0 Å². The third-order valence-corrected chi connectivity index (χ3v) is 4.72. The van der Waals surface area contributed by atoms with Gasteiger partial charge in [0.15, 0.2) is 18.5 Å². The smallest absolute Gasteiger partial charge is 0.338 e. The summed E-state index contributed by atoms with van der Waals surface area (Å²) >= 11 is 0. The Kier molecular flexibility index (Phi) is 7.35. The molecule has 9 nitrogen and oxygen atoms in total. The Bertz CT molecular complexity index is 904. The highest BCUT2D eigenvalue weighted by molar-refractivity contribution is 5.90. The molecule has 1 aliphatic rings. The van der Waals surface area contributed by atoms with Crippen LogP contribution < -0.4 is 5.32 Å². The van der Waals surface area contributed by atoms with Crippen molar-refractivity contribution >= 4 is 17.8 Å². The zero-order valence-corrected chi connectivity index (χ0v) is 16.7. The number of rotatable bonds is 6. The van der Waals surface area contributed by atoms with Crippen LogP contribution >= 0.6 is 0 Å². The number of carbonyl (C=O) groups is 3. The van der Waals surface area contributed by atoms with Crippen molar-refractivity contribution in [2.24, 2.45) is 0 Å². The van der Waals surface area contributed by atoms with E-state index in [4.69, 9.17) is 14.2 Å². The lowest BCUT2D eigenvalue weighted by Gasteiger charge is -2.43. The molecule has 0 spiro atoms. The SMILES string of the molecule is CC(=O)N[C@@H]1C(O)O[C@H](CO)[C@@H](OC(=O)c2ccccc2)[C@@H]1OC(=O)c1ccccc1. The van der Waals surface area contributed by atoms with E-state index in [0.717, 1.165) is 0 Å². The predicted molar refractivity (Wildman–Crippen MR) is 107 cm³/mol. The topological polar surface area (TPSA) is 131 Å². The van der Waals surface area contributed by atoms with Crippen LogP contribution in [0.25, 0.3) is 0 Å². The largest absolute Gasteiger partial charge is 0.452 e. The summed E-state index contributed by atoms with van der Waals surface area (Å²) < 4.78 is 16.4. The van der Waals surface area contributed by atoms with E-state index in [1.165, 1.54) is 31.2 Å². The van der Waals surface area contributed by atoms with Gasteiger partial charge in [-0.25, -0.2) is 9.59 Å². The summed E-state index contributed by atoms with van der Waals surface area (Å²) in [6.07, 6.45) is -5.43. The van der Waals surface area contributed by atoms with E-state index in [-0.39, 0.29) is 11.1 Å². The van der Waals surface area contributed by atoms with E-state index in [0.29, 0.717) is 0 Å². The molecule has 9 heteroatoms. The average Bonchev–Trinajstić information content (AvgIpc) is 2.78. The van der Waals surface area contributed by atoms with Crippen molar-refractivity contribution < 1.29 is 38.8 Å². The number of hydrogen-bond donors (Lipinski definition) is 3. The van der Waals surface area contributed by atoms with Gasteiger partial charge in [0.1, 0.15) is 12.1 Å². The van der Waals surface area contributed by atoms with E-state index in [9.17, 15) is 24.6 Å². The normalized spacial score (nSPS) is 25.3. The quantitative estimate of drug-likeness (QED) is 0.571. The Hall–Kier alpha value is -3.27. The Labute approximate surface area is 178 Å². The highest BCUT2D eigenvalue weighted by atomic mass is 16.7. The molecule has 1 aliphatic heterocycles.